The number of anilines is 1. The quantitative estimate of drug-likeness (QED) is 0.834. The van der Waals surface area contributed by atoms with Gasteiger partial charge in [-0.25, -0.2) is 22.8 Å². The summed E-state index contributed by atoms with van der Waals surface area (Å²) in [6.45, 7) is 7.40. The fourth-order valence-electron chi connectivity index (χ4n) is 2.98. The Morgan fingerprint density at radius 3 is 2.82 bits per heavy atom. The van der Waals surface area contributed by atoms with Crippen LogP contribution in [0.25, 0.3) is 0 Å². The zero-order chi connectivity index (χ0) is 20.5. The number of nitrogens with zero attached hydrogens (tertiary/aromatic N) is 2. The van der Waals surface area contributed by atoms with E-state index >= 15 is 0 Å². The third-order valence-corrected chi connectivity index (χ3v) is 5.57. The molecule has 0 amide bonds. The first-order valence-corrected chi connectivity index (χ1v) is 10.8. The first-order valence-electron chi connectivity index (χ1n) is 9.13. The van der Waals surface area contributed by atoms with Gasteiger partial charge in [0.15, 0.2) is 0 Å². The van der Waals surface area contributed by atoms with Crippen molar-refractivity contribution < 1.29 is 22.7 Å². The average Bonchev–Trinajstić information content (AvgIpc) is 3.10. The molecule has 3 rings (SSSR count). The Bertz CT molecular complexity index is 976. The average molecular weight is 407 g/mol. The maximum Gasteiger partial charge on any atom is 0.419 e. The Balaban J connectivity index is 1.90. The van der Waals surface area contributed by atoms with E-state index in [9.17, 15) is 13.2 Å². The number of hydrogen-bond acceptors (Lipinski definition) is 6. The van der Waals surface area contributed by atoms with Crippen LogP contribution in [0.2, 0.25) is 0 Å². The second kappa shape index (κ2) is 7.46. The number of ether oxygens (including phenoxy) is 2. The van der Waals surface area contributed by atoms with Gasteiger partial charge < -0.3 is 9.47 Å². The second-order valence-corrected chi connectivity index (χ2v) is 9.62. The van der Waals surface area contributed by atoms with Crippen molar-refractivity contribution in [1.29, 1.82) is 0 Å². The highest BCUT2D eigenvalue weighted by molar-refractivity contribution is 7.92. The molecule has 1 aliphatic rings. The fourth-order valence-corrected chi connectivity index (χ4v) is 3.62. The highest BCUT2D eigenvalue weighted by Crippen LogP contribution is 2.42. The number of imidazole rings is 1. The van der Waals surface area contributed by atoms with E-state index in [1.165, 1.54) is 10.9 Å². The number of nitrogens with one attached hydrogen (secondary N) is 1. The Morgan fingerprint density at radius 1 is 1.39 bits per heavy atom. The Morgan fingerprint density at radius 2 is 2.14 bits per heavy atom. The molecule has 9 heteroatoms. The van der Waals surface area contributed by atoms with Gasteiger partial charge in [0.25, 0.3) is 0 Å². The topological polar surface area (TPSA) is 99.5 Å². The van der Waals surface area contributed by atoms with Crippen LogP contribution in [-0.2, 0) is 14.8 Å². The van der Waals surface area contributed by atoms with Gasteiger partial charge >= 0.3 is 6.09 Å². The van der Waals surface area contributed by atoms with Crippen LogP contribution < -0.4 is 9.46 Å². The van der Waals surface area contributed by atoms with E-state index in [4.69, 9.17) is 9.47 Å². The van der Waals surface area contributed by atoms with Gasteiger partial charge in [-0.3, -0.25) is 4.72 Å². The molecule has 1 aromatic carbocycles. The summed E-state index contributed by atoms with van der Waals surface area (Å²) in [7, 11) is -3.42. The molecule has 0 spiro atoms. The van der Waals surface area contributed by atoms with Crippen molar-refractivity contribution >= 4 is 21.8 Å². The molecule has 28 heavy (non-hydrogen) atoms. The van der Waals surface area contributed by atoms with Gasteiger partial charge in [0.05, 0.1) is 23.7 Å². The molecule has 0 fully saturated rings. The molecule has 0 aliphatic carbocycles. The van der Waals surface area contributed by atoms with Crippen molar-refractivity contribution in [1.82, 2.24) is 9.55 Å². The molecule has 8 nitrogen and oxygen atoms in total. The minimum Gasteiger partial charge on any atom is -0.491 e. The van der Waals surface area contributed by atoms with E-state index in [0.717, 1.165) is 5.56 Å². The van der Waals surface area contributed by atoms with Crippen LogP contribution in [0.5, 0.6) is 5.75 Å². The van der Waals surface area contributed by atoms with Gasteiger partial charge in [0.2, 0.25) is 10.0 Å². The van der Waals surface area contributed by atoms with Crippen molar-refractivity contribution in [3.05, 3.63) is 42.0 Å². The summed E-state index contributed by atoms with van der Waals surface area (Å²) < 4.78 is 38.9. The number of aromatic nitrogens is 2. The third-order valence-electron chi connectivity index (χ3n) is 4.28. The fraction of sp³-hybridized carbons (Fsp3) is 0.474. The highest BCUT2D eigenvalue weighted by atomic mass is 32.2. The molecular weight excluding hydrogens is 382 g/mol. The van der Waals surface area contributed by atoms with Crippen LogP contribution in [0, 0.1) is 0 Å². The Labute approximate surface area is 164 Å². The van der Waals surface area contributed by atoms with Crippen molar-refractivity contribution in [2.75, 3.05) is 17.1 Å². The maximum atomic E-state index is 12.2. The number of fused-ring (bicyclic) bond motifs is 1. The minimum absolute atomic E-state index is 0.0274. The molecule has 1 aliphatic heterocycles. The molecule has 0 bridgehead atoms. The number of benzene rings is 1. The zero-order valence-corrected chi connectivity index (χ0v) is 17.2. The normalized spacial score (nSPS) is 16.8. The number of sulfonamides is 1. The standard InChI is InChI=1S/C19H25N3O5S/c1-5-28(24,25)21-15-8-6-7-14-13(9-10-26-17(14)15)16-11-22(12-20-16)18(23)27-19(2,3)4/h6-8,11-13,21H,5,9-10H2,1-4H3. The van der Waals surface area contributed by atoms with E-state index in [1.54, 1.807) is 46.0 Å². The van der Waals surface area contributed by atoms with E-state index in [0.29, 0.717) is 30.2 Å². The Kier molecular flexibility index (Phi) is 5.38. The molecular formula is C19H25N3O5S. The number of rotatable bonds is 4. The molecule has 0 saturated heterocycles. The van der Waals surface area contributed by atoms with E-state index in [-0.39, 0.29) is 11.7 Å². The lowest BCUT2D eigenvalue weighted by Crippen LogP contribution is -2.26. The van der Waals surface area contributed by atoms with Gasteiger partial charge in [-0.1, -0.05) is 12.1 Å². The van der Waals surface area contributed by atoms with Gasteiger partial charge in [-0.2, -0.15) is 0 Å². The van der Waals surface area contributed by atoms with Crippen LogP contribution in [0.15, 0.2) is 30.7 Å². The van der Waals surface area contributed by atoms with Crippen LogP contribution in [0.1, 0.15) is 51.3 Å². The third kappa shape index (κ3) is 4.46. The van der Waals surface area contributed by atoms with Gasteiger partial charge in [0.1, 0.15) is 17.7 Å². The number of para-hydroxylation sites is 1. The summed E-state index contributed by atoms with van der Waals surface area (Å²) in [6, 6.07) is 5.34. The van der Waals surface area contributed by atoms with Crippen molar-refractivity contribution in [2.24, 2.45) is 0 Å². The van der Waals surface area contributed by atoms with E-state index in [1.807, 2.05) is 6.07 Å². The molecule has 2 heterocycles. The summed E-state index contributed by atoms with van der Waals surface area (Å²) in [5.41, 5.74) is 1.34. The summed E-state index contributed by atoms with van der Waals surface area (Å²) in [5, 5.41) is 0. The monoisotopic (exact) mass is 407 g/mol. The van der Waals surface area contributed by atoms with Gasteiger partial charge in [0, 0.05) is 17.7 Å². The Hall–Kier alpha value is -2.55. The largest absolute Gasteiger partial charge is 0.491 e. The van der Waals surface area contributed by atoms with Crippen molar-refractivity contribution in [3.63, 3.8) is 0 Å². The molecule has 2 aromatic rings. The minimum atomic E-state index is -3.42. The smallest absolute Gasteiger partial charge is 0.419 e. The molecule has 1 aromatic heterocycles. The molecule has 152 valence electrons. The summed E-state index contributed by atoms with van der Waals surface area (Å²) in [4.78, 5) is 16.6. The lowest BCUT2D eigenvalue weighted by atomic mass is 9.90. The maximum absolute atomic E-state index is 12.2. The van der Waals surface area contributed by atoms with Crippen molar-refractivity contribution in [3.8, 4) is 5.75 Å². The molecule has 0 saturated carbocycles. The molecule has 1 N–H and O–H groups in total. The van der Waals surface area contributed by atoms with E-state index < -0.39 is 21.7 Å². The van der Waals surface area contributed by atoms with Crippen LogP contribution >= 0.6 is 0 Å². The second-order valence-electron chi connectivity index (χ2n) is 7.61. The van der Waals surface area contributed by atoms with Crippen molar-refractivity contribution in [2.45, 2.75) is 45.6 Å². The van der Waals surface area contributed by atoms with E-state index in [2.05, 4.69) is 9.71 Å². The molecule has 1 unspecified atom stereocenters. The predicted molar refractivity (Wildman–Crippen MR) is 105 cm³/mol. The summed E-state index contributed by atoms with van der Waals surface area (Å²) in [5.74, 6) is 0.363. The first kappa shape index (κ1) is 20.2. The summed E-state index contributed by atoms with van der Waals surface area (Å²) in [6.07, 6.45) is 3.25. The molecule has 0 radical (unpaired) electrons. The van der Waals surface area contributed by atoms with Gasteiger partial charge in [-0.15, -0.1) is 0 Å². The number of carbonyl (C=O) groups excluding carboxylic acids is 1. The van der Waals surface area contributed by atoms with Crippen LogP contribution in [0.3, 0.4) is 0 Å². The zero-order valence-electron chi connectivity index (χ0n) is 16.4. The number of carbonyl (C=O) groups is 1. The first-order chi connectivity index (χ1) is 13.1. The lowest BCUT2D eigenvalue weighted by Gasteiger charge is -2.26. The molecule has 1 atom stereocenters. The predicted octanol–water partition coefficient (Wildman–Crippen LogP) is 3.34. The lowest BCUT2D eigenvalue weighted by molar-refractivity contribution is 0.0536. The number of hydrogen-bond donors (Lipinski definition) is 1. The highest BCUT2D eigenvalue weighted by Gasteiger charge is 2.28. The van der Waals surface area contributed by atoms with Crippen LogP contribution in [-0.4, -0.2) is 42.0 Å². The summed E-state index contributed by atoms with van der Waals surface area (Å²) >= 11 is 0. The SMILES string of the molecule is CCS(=O)(=O)Nc1cccc2c1OCCC2c1cn(C(=O)OC(C)(C)C)cn1. The van der Waals surface area contributed by atoms with Gasteiger partial charge in [-0.05, 0) is 40.2 Å². The van der Waals surface area contributed by atoms with Crippen LogP contribution in [0.4, 0.5) is 10.5 Å².